The fourth-order valence-electron chi connectivity index (χ4n) is 2.65. The average Bonchev–Trinajstić information content (AvgIpc) is 3.43. The van der Waals surface area contributed by atoms with Gasteiger partial charge in [-0.25, -0.2) is 4.39 Å². The molecule has 2 aromatic heterocycles. The number of tetrazole rings is 1. The number of hydrogen-bond donors (Lipinski definition) is 1. The molecule has 1 N–H and O–H groups in total. The summed E-state index contributed by atoms with van der Waals surface area (Å²) in [6, 6.07) is 10.3. The van der Waals surface area contributed by atoms with Crippen molar-refractivity contribution in [2.45, 2.75) is 19.3 Å². The van der Waals surface area contributed by atoms with Gasteiger partial charge in [-0.2, -0.15) is 18.0 Å². The number of alkyl halides is 3. The smallest absolute Gasteiger partial charge is 0.346 e. The third-order valence-electron chi connectivity index (χ3n) is 4.21. The number of rotatable bonds is 6. The molecule has 32 heavy (non-hydrogen) atoms. The molecule has 13 heteroatoms. The van der Waals surface area contributed by atoms with Crippen molar-refractivity contribution in [1.82, 2.24) is 35.7 Å². The zero-order valence-corrected chi connectivity index (χ0v) is 16.9. The van der Waals surface area contributed by atoms with Crippen LogP contribution in [0.3, 0.4) is 0 Å². The van der Waals surface area contributed by atoms with Gasteiger partial charge in [-0.15, -0.1) is 20.4 Å². The Labute approximate surface area is 181 Å². The van der Waals surface area contributed by atoms with Crippen molar-refractivity contribution < 1.29 is 22.4 Å². The van der Waals surface area contributed by atoms with Gasteiger partial charge in [-0.3, -0.25) is 4.79 Å². The summed E-state index contributed by atoms with van der Waals surface area (Å²) in [7, 11) is 0. The van der Waals surface area contributed by atoms with Crippen LogP contribution in [-0.4, -0.2) is 36.3 Å². The molecule has 0 aliphatic carbocycles. The largest absolute Gasteiger partial charge is 0.416 e. The summed E-state index contributed by atoms with van der Waals surface area (Å²) < 4.78 is 51.6. The van der Waals surface area contributed by atoms with Crippen LogP contribution >= 0.6 is 11.3 Å². The number of nitrogens with one attached hydrogen (secondary N) is 1. The number of carbonyl (C=O) groups is 1. The van der Waals surface area contributed by atoms with Crippen molar-refractivity contribution in [2.75, 3.05) is 0 Å². The first-order valence-corrected chi connectivity index (χ1v) is 9.90. The zero-order chi connectivity index (χ0) is 22.7. The lowest BCUT2D eigenvalue weighted by atomic mass is 10.1. The molecule has 4 rings (SSSR count). The van der Waals surface area contributed by atoms with E-state index in [4.69, 9.17) is 0 Å². The van der Waals surface area contributed by atoms with Gasteiger partial charge >= 0.3 is 6.18 Å². The van der Waals surface area contributed by atoms with Crippen LogP contribution in [0.4, 0.5) is 17.6 Å². The predicted molar refractivity (Wildman–Crippen MR) is 105 cm³/mol. The maximum absolute atomic E-state index is 12.9. The van der Waals surface area contributed by atoms with Crippen molar-refractivity contribution in [3.8, 4) is 11.4 Å². The summed E-state index contributed by atoms with van der Waals surface area (Å²) >= 11 is 1.01. The minimum atomic E-state index is -4.48. The molecule has 0 radical (unpaired) electrons. The summed E-state index contributed by atoms with van der Waals surface area (Å²) in [4.78, 5) is 13.4. The van der Waals surface area contributed by atoms with E-state index in [1.54, 1.807) is 12.1 Å². The molecule has 0 aliphatic heterocycles. The van der Waals surface area contributed by atoms with E-state index in [1.807, 2.05) is 0 Å². The Morgan fingerprint density at radius 2 is 1.84 bits per heavy atom. The first-order valence-electron chi connectivity index (χ1n) is 9.08. The number of hydrogen-bond acceptors (Lipinski definition) is 7. The van der Waals surface area contributed by atoms with Crippen molar-refractivity contribution in [3.63, 3.8) is 0 Å². The summed E-state index contributed by atoms with van der Waals surface area (Å²) in [5.74, 6) is -0.793. The highest BCUT2D eigenvalue weighted by molar-refractivity contribution is 7.13. The molecule has 0 saturated heterocycles. The molecular weight excluding hydrogens is 450 g/mol. The lowest BCUT2D eigenvalue weighted by Crippen LogP contribution is -2.22. The first kappa shape index (κ1) is 21.5. The third-order valence-corrected chi connectivity index (χ3v) is 5.11. The number of benzene rings is 2. The first-order chi connectivity index (χ1) is 15.3. The van der Waals surface area contributed by atoms with Crippen LogP contribution in [0, 0.1) is 5.82 Å². The number of amides is 1. The summed E-state index contributed by atoms with van der Waals surface area (Å²) in [6.45, 7) is 0.230. The van der Waals surface area contributed by atoms with Gasteiger partial charge in [0.15, 0.2) is 0 Å². The molecular formula is C19H13F4N7OS. The summed E-state index contributed by atoms with van der Waals surface area (Å²) in [6.07, 6.45) is -4.48. The molecule has 164 valence electrons. The quantitative estimate of drug-likeness (QED) is 0.441. The van der Waals surface area contributed by atoms with E-state index < -0.39 is 17.6 Å². The van der Waals surface area contributed by atoms with Crippen LogP contribution in [0.2, 0.25) is 0 Å². The second-order valence-electron chi connectivity index (χ2n) is 6.53. The van der Waals surface area contributed by atoms with Gasteiger partial charge in [-0.1, -0.05) is 35.6 Å². The van der Waals surface area contributed by atoms with E-state index in [-0.39, 0.29) is 35.3 Å². The third kappa shape index (κ3) is 5.11. The Morgan fingerprint density at radius 3 is 2.59 bits per heavy atom. The molecule has 4 aromatic rings. The minimum Gasteiger partial charge on any atom is -0.346 e. The molecule has 0 unspecified atom stereocenters. The fraction of sp³-hybridized carbons (Fsp3) is 0.158. The molecule has 1 amide bonds. The highest BCUT2D eigenvalue weighted by atomic mass is 32.1. The molecule has 0 bridgehead atoms. The summed E-state index contributed by atoms with van der Waals surface area (Å²) in [5.41, 5.74) is 0.0781. The molecule has 0 aliphatic rings. The Kier molecular flexibility index (Phi) is 5.90. The predicted octanol–water partition coefficient (Wildman–Crippen LogP) is 3.33. The van der Waals surface area contributed by atoms with Crippen LogP contribution in [0.1, 0.15) is 25.9 Å². The minimum absolute atomic E-state index is 0.0258. The van der Waals surface area contributed by atoms with Gasteiger partial charge in [0, 0.05) is 12.1 Å². The Balaban J connectivity index is 1.39. The van der Waals surface area contributed by atoms with Crippen LogP contribution < -0.4 is 5.32 Å². The average molecular weight is 463 g/mol. The number of halogens is 4. The Bertz CT molecular complexity index is 1240. The van der Waals surface area contributed by atoms with E-state index in [2.05, 4.69) is 30.9 Å². The van der Waals surface area contributed by atoms with Crippen molar-refractivity contribution >= 4 is 17.2 Å². The van der Waals surface area contributed by atoms with Gasteiger partial charge < -0.3 is 5.32 Å². The molecule has 0 atom stereocenters. The fourth-order valence-corrected chi connectivity index (χ4v) is 3.38. The summed E-state index contributed by atoms with van der Waals surface area (Å²) in [5, 5.41) is 22.6. The van der Waals surface area contributed by atoms with Crippen LogP contribution in [0.15, 0.2) is 48.5 Å². The lowest BCUT2D eigenvalue weighted by molar-refractivity contribution is -0.137. The molecule has 2 heterocycles. The molecule has 8 nitrogen and oxygen atoms in total. The lowest BCUT2D eigenvalue weighted by Gasteiger charge is -2.06. The van der Waals surface area contributed by atoms with Crippen LogP contribution in [0.25, 0.3) is 11.4 Å². The molecule has 0 spiro atoms. The van der Waals surface area contributed by atoms with E-state index in [0.29, 0.717) is 5.01 Å². The number of carbonyl (C=O) groups excluding carboxylic acids is 1. The second-order valence-corrected chi connectivity index (χ2v) is 7.59. The maximum atomic E-state index is 12.9. The standard InChI is InChI=1S/C19H13F4N7OS/c20-14-6-4-11(5-7-14)9-24-17(31)18-27-25-15(32-18)10-30-28-16(26-29-30)12-2-1-3-13(8-12)19(21,22)23/h1-8H,9-10H2,(H,24,31). The SMILES string of the molecule is O=C(NCc1ccc(F)cc1)c1nnc(Cn2nnc(-c3cccc(C(F)(F)F)c3)n2)s1. The molecule has 0 saturated carbocycles. The van der Waals surface area contributed by atoms with Gasteiger partial charge in [0.2, 0.25) is 10.8 Å². The maximum Gasteiger partial charge on any atom is 0.416 e. The Hall–Kier alpha value is -3.74. The second kappa shape index (κ2) is 8.78. The van der Waals surface area contributed by atoms with Crippen molar-refractivity contribution in [3.05, 3.63) is 75.5 Å². The van der Waals surface area contributed by atoms with E-state index in [0.717, 1.165) is 33.8 Å². The van der Waals surface area contributed by atoms with Crippen molar-refractivity contribution in [2.24, 2.45) is 0 Å². The van der Waals surface area contributed by atoms with E-state index in [1.165, 1.54) is 24.3 Å². The molecule has 0 fully saturated rings. The highest BCUT2D eigenvalue weighted by Crippen LogP contribution is 2.31. The van der Waals surface area contributed by atoms with Crippen LogP contribution in [0.5, 0.6) is 0 Å². The highest BCUT2D eigenvalue weighted by Gasteiger charge is 2.30. The van der Waals surface area contributed by atoms with Crippen molar-refractivity contribution in [1.29, 1.82) is 0 Å². The molecule has 2 aromatic carbocycles. The normalized spacial score (nSPS) is 11.5. The number of aromatic nitrogens is 6. The van der Waals surface area contributed by atoms with Gasteiger partial charge in [-0.05, 0) is 35.0 Å². The van der Waals surface area contributed by atoms with E-state index in [9.17, 15) is 22.4 Å². The monoisotopic (exact) mass is 463 g/mol. The van der Waals surface area contributed by atoms with Gasteiger partial charge in [0.25, 0.3) is 5.91 Å². The van der Waals surface area contributed by atoms with Gasteiger partial charge in [0.1, 0.15) is 17.4 Å². The Morgan fingerprint density at radius 1 is 1.06 bits per heavy atom. The zero-order valence-electron chi connectivity index (χ0n) is 16.0. The van der Waals surface area contributed by atoms with E-state index >= 15 is 0 Å². The topological polar surface area (TPSA) is 98.5 Å². The van der Waals surface area contributed by atoms with Gasteiger partial charge in [0.05, 0.1) is 5.56 Å². The van der Waals surface area contributed by atoms with Crippen LogP contribution in [-0.2, 0) is 19.3 Å². The number of nitrogens with zero attached hydrogens (tertiary/aromatic N) is 6.